The molecule has 5 nitrogen and oxygen atoms in total. The predicted octanol–water partition coefficient (Wildman–Crippen LogP) is 1.57. The molecule has 1 aromatic carbocycles. The zero-order valence-electron chi connectivity index (χ0n) is 11.6. The molecular formula is C15H19NO4. The van der Waals surface area contributed by atoms with Crippen LogP contribution in [0.15, 0.2) is 18.2 Å². The molecule has 5 heteroatoms. The molecule has 0 bridgehead atoms. The second-order valence-electron chi connectivity index (χ2n) is 5.34. The summed E-state index contributed by atoms with van der Waals surface area (Å²) in [6.45, 7) is 3.36. The Balaban J connectivity index is 1.60. The average Bonchev–Trinajstić information content (AvgIpc) is 3.07. The molecule has 1 unspecified atom stereocenters. The first-order valence-electron chi connectivity index (χ1n) is 6.90. The Morgan fingerprint density at radius 3 is 3.10 bits per heavy atom. The minimum atomic E-state index is 0.126. The topological polar surface area (TPSA) is 48.0 Å². The Morgan fingerprint density at radius 1 is 1.40 bits per heavy atom. The van der Waals surface area contributed by atoms with Gasteiger partial charge in [-0.1, -0.05) is 0 Å². The van der Waals surface area contributed by atoms with Crippen LogP contribution in [0.2, 0.25) is 0 Å². The summed E-state index contributed by atoms with van der Waals surface area (Å²) in [6.07, 6.45) is 1.10. The molecule has 20 heavy (non-hydrogen) atoms. The Morgan fingerprint density at radius 2 is 2.25 bits per heavy atom. The van der Waals surface area contributed by atoms with Crippen LogP contribution in [0.1, 0.15) is 16.8 Å². The molecule has 108 valence electrons. The fourth-order valence-corrected chi connectivity index (χ4v) is 2.79. The second-order valence-corrected chi connectivity index (χ2v) is 5.34. The number of methoxy groups -OCH3 is 1. The number of rotatable bonds is 5. The molecule has 0 aliphatic carbocycles. The molecule has 1 atom stereocenters. The molecular weight excluding hydrogens is 258 g/mol. The van der Waals surface area contributed by atoms with Crippen molar-refractivity contribution < 1.29 is 19.0 Å². The molecule has 0 aromatic heterocycles. The third-order valence-electron chi connectivity index (χ3n) is 3.83. The third kappa shape index (κ3) is 2.78. The maximum atomic E-state index is 12.3. The number of ether oxygens (including phenoxy) is 3. The van der Waals surface area contributed by atoms with Crippen molar-refractivity contribution in [1.82, 2.24) is 4.90 Å². The van der Waals surface area contributed by atoms with Crippen molar-refractivity contribution in [3.63, 3.8) is 0 Å². The van der Waals surface area contributed by atoms with Crippen molar-refractivity contribution in [2.75, 3.05) is 40.1 Å². The molecule has 0 N–H and O–H groups in total. The van der Waals surface area contributed by atoms with E-state index < -0.39 is 0 Å². The van der Waals surface area contributed by atoms with Crippen molar-refractivity contribution in [3.8, 4) is 11.5 Å². The number of likely N-dealkylation sites (tertiary alicyclic amines) is 1. The average molecular weight is 277 g/mol. The summed E-state index contributed by atoms with van der Waals surface area (Å²) in [4.78, 5) is 14.5. The maximum Gasteiger partial charge on any atom is 0.231 e. The predicted molar refractivity (Wildman–Crippen MR) is 73.3 cm³/mol. The maximum absolute atomic E-state index is 12.3. The van der Waals surface area contributed by atoms with E-state index in [-0.39, 0.29) is 12.6 Å². The molecule has 1 aromatic rings. The van der Waals surface area contributed by atoms with Crippen LogP contribution in [0.5, 0.6) is 11.5 Å². The lowest BCUT2D eigenvalue weighted by molar-refractivity contribution is 0.0936. The summed E-state index contributed by atoms with van der Waals surface area (Å²) in [5.41, 5.74) is 0.685. The van der Waals surface area contributed by atoms with Gasteiger partial charge in [0.2, 0.25) is 6.79 Å². The first-order chi connectivity index (χ1) is 9.76. The minimum Gasteiger partial charge on any atom is -0.454 e. The van der Waals surface area contributed by atoms with Gasteiger partial charge in [-0.15, -0.1) is 0 Å². The second kappa shape index (κ2) is 5.81. The van der Waals surface area contributed by atoms with E-state index in [0.29, 0.717) is 29.5 Å². The number of nitrogens with zero attached hydrogens (tertiary/aromatic N) is 1. The molecule has 2 aliphatic rings. The van der Waals surface area contributed by atoms with Crippen LogP contribution in [0.3, 0.4) is 0 Å². The van der Waals surface area contributed by atoms with E-state index in [0.717, 1.165) is 26.1 Å². The Hall–Kier alpha value is -1.59. The van der Waals surface area contributed by atoms with E-state index in [1.165, 1.54) is 0 Å². The fraction of sp³-hybridized carbons (Fsp3) is 0.533. The molecule has 2 aliphatic heterocycles. The molecule has 0 amide bonds. The number of hydrogen-bond acceptors (Lipinski definition) is 5. The van der Waals surface area contributed by atoms with E-state index in [2.05, 4.69) is 4.90 Å². The zero-order valence-corrected chi connectivity index (χ0v) is 11.6. The largest absolute Gasteiger partial charge is 0.454 e. The van der Waals surface area contributed by atoms with Gasteiger partial charge in [-0.25, -0.2) is 0 Å². The molecule has 0 spiro atoms. The van der Waals surface area contributed by atoms with Crippen LogP contribution >= 0.6 is 0 Å². The van der Waals surface area contributed by atoms with Gasteiger partial charge in [-0.05, 0) is 37.1 Å². The van der Waals surface area contributed by atoms with Gasteiger partial charge in [0.1, 0.15) is 0 Å². The normalized spacial score (nSPS) is 21.4. The van der Waals surface area contributed by atoms with Gasteiger partial charge in [-0.2, -0.15) is 0 Å². The Labute approximate surface area is 118 Å². The van der Waals surface area contributed by atoms with Gasteiger partial charge in [-0.3, -0.25) is 9.69 Å². The van der Waals surface area contributed by atoms with Gasteiger partial charge in [0, 0.05) is 19.2 Å². The molecule has 3 rings (SSSR count). The van der Waals surface area contributed by atoms with Crippen LogP contribution in [-0.2, 0) is 4.74 Å². The van der Waals surface area contributed by atoms with E-state index in [4.69, 9.17) is 14.2 Å². The lowest BCUT2D eigenvalue weighted by atomic mass is 10.1. The highest BCUT2D eigenvalue weighted by atomic mass is 16.7. The first kappa shape index (κ1) is 13.4. The van der Waals surface area contributed by atoms with E-state index >= 15 is 0 Å². The highest BCUT2D eigenvalue weighted by Gasteiger charge is 2.25. The third-order valence-corrected chi connectivity index (χ3v) is 3.83. The van der Waals surface area contributed by atoms with Crippen molar-refractivity contribution in [3.05, 3.63) is 23.8 Å². The molecule has 1 saturated heterocycles. The SMILES string of the molecule is COCC1CCN(CC(=O)c2ccc3c(c2)OCO3)C1. The van der Waals surface area contributed by atoms with Crippen LogP contribution in [0.25, 0.3) is 0 Å². The number of Topliss-reactive ketones (excluding diaryl/α,β-unsaturated/α-hetero) is 1. The highest BCUT2D eigenvalue weighted by molar-refractivity contribution is 5.98. The summed E-state index contributed by atoms with van der Waals surface area (Å²) in [6, 6.07) is 5.37. The molecule has 0 radical (unpaired) electrons. The zero-order chi connectivity index (χ0) is 13.9. The lowest BCUT2D eigenvalue weighted by Gasteiger charge is -2.15. The van der Waals surface area contributed by atoms with Crippen LogP contribution in [0.4, 0.5) is 0 Å². The highest BCUT2D eigenvalue weighted by Crippen LogP contribution is 2.32. The van der Waals surface area contributed by atoms with Crippen molar-refractivity contribution in [1.29, 1.82) is 0 Å². The summed E-state index contributed by atoms with van der Waals surface area (Å²) in [7, 11) is 1.72. The van der Waals surface area contributed by atoms with Crippen molar-refractivity contribution >= 4 is 5.78 Å². The summed E-state index contributed by atoms with van der Waals surface area (Å²) in [5, 5.41) is 0. The Kier molecular flexibility index (Phi) is 3.89. The fourth-order valence-electron chi connectivity index (χ4n) is 2.79. The monoisotopic (exact) mass is 277 g/mol. The number of hydrogen-bond donors (Lipinski definition) is 0. The summed E-state index contributed by atoms with van der Waals surface area (Å²) >= 11 is 0. The smallest absolute Gasteiger partial charge is 0.231 e. The number of carbonyl (C=O) groups is 1. The van der Waals surface area contributed by atoms with Gasteiger partial charge >= 0.3 is 0 Å². The summed E-state index contributed by atoms with van der Waals surface area (Å²) < 4.78 is 15.7. The van der Waals surface area contributed by atoms with Gasteiger partial charge in [0.05, 0.1) is 13.2 Å². The van der Waals surface area contributed by atoms with E-state index in [1.807, 2.05) is 0 Å². The minimum absolute atomic E-state index is 0.126. The summed E-state index contributed by atoms with van der Waals surface area (Å²) in [5.74, 6) is 2.04. The molecule has 1 fully saturated rings. The van der Waals surface area contributed by atoms with E-state index in [9.17, 15) is 4.79 Å². The number of benzene rings is 1. The number of carbonyl (C=O) groups excluding carboxylic acids is 1. The van der Waals surface area contributed by atoms with E-state index in [1.54, 1.807) is 25.3 Å². The Bertz CT molecular complexity index is 503. The number of fused-ring (bicyclic) bond motifs is 1. The number of ketones is 1. The molecule has 2 heterocycles. The first-order valence-corrected chi connectivity index (χ1v) is 6.90. The van der Waals surface area contributed by atoms with Crippen LogP contribution < -0.4 is 9.47 Å². The van der Waals surface area contributed by atoms with Crippen molar-refractivity contribution in [2.45, 2.75) is 6.42 Å². The van der Waals surface area contributed by atoms with Crippen LogP contribution in [0, 0.1) is 5.92 Å². The van der Waals surface area contributed by atoms with Gasteiger partial charge < -0.3 is 14.2 Å². The van der Waals surface area contributed by atoms with Crippen LogP contribution in [-0.4, -0.2) is 50.8 Å². The standard InChI is InChI=1S/C15H19NO4/c1-18-9-11-4-5-16(7-11)8-13(17)12-2-3-14-15(6-12)20-10-19-14/h2-3,6,11H,4-5,7-10H2,1H3. The van der Waals surface area contributed by atoms with Gasteiger partial charge in [0.15, 0.2) is 17.3 Å². The van der Waals surface area contributed by atoms with Crippen molar-refractivity contribution in [2.24, 2.45) is 5.92 Å². The molecule has 0 saturated carbocycles. The lowest BCUT2D eigenvalue weighted by Crippen LogP contribution is -2.28. The quantitative estimate of drug-likeness (QED) is 0.765. The van der Waals surface area contributed by atoms with Gasteiger partial charge in [0.25, 0.3) is 0 Å².